The number of anilines is 2. The van der Waals surface area contributed by atoms with Crippen molar-refractivity contribution < 1.29 is 39.0 Å². The van der Waals surface area contributed by atoms with Gasteiger partial charge in [-0.2, -0.15) is 0 Å². The standard InChI is InChI=1S/C21H24N4O3.Li.H2O/c1-21(2,13-18(26)27)15-5-9-17(10-6-15)25-12-11-24(20(25)28)16-7-3-14(4-8-16)19(22)23;;/h3-10H,11-13H2,1-2H3,(H3,22,23)(H,26,27);;1H2/q;+1;/p-1. The number of nitrogens with one attached hydrogen (secondary N) is 1. The van der Waals surface area contributed by atoms with Crippen LogP contribution in [-0.2, 0) is 10.2 Å². The first-order valence-electron chi connectivity index (χ1n) is 9.05. The molecule has 1 aliphatic rings. The van der Waals surface area contributed by atoms with E-state index in [0.717, 1.165) is 16.9 Å². The number of carboxylic acids is 1. The molecule has 0 spiro atoms. The summed E-state index contributed by atoms with van der Waals surface area (Å²) in [6, 6.07) is 14.4. The van der Waals surface area contributed by atoms with Crippen molar-refractivity contribution in [3.8, 4) is 0 Å². The molecule has 2 aromatic rings. The number of carbonyl (C=O) groups is 2. The first-order valence-corrected chi connectivity index (χ1v) is 9.05. The minimum atomic E-state index is -0.838. The molecule has 0 saturated carbocycles. The Hall–Kier alpha value is -2.79. The fourth-order valence-electron chi connectivity index (χ4n) is 3.41. The smallest absolute Gasteiger partial charge is 0.870 e. The molecule has 5 N–H and O–H groups in total. The number of nitrogen functional groups attached to an aromatic ring is 1. The van der Waals surface area contributed by atoms with Gasteiger partial charge in [-0.3, -0.25) is 20.0 Å². The van der Waals surface area contributed by atoms with Crippen molar-refractivity contribution in [1.29, 1.82) is 5.41 Å². The van der Waals surface area contributed by atoms with Gasteiger partial charge in [0.25, 0.3) is 0 Å². The minimum Gasteiger partial charge on any atom is -0.870 e. The monoisotopic (exact) mass is 404 g/mol. The summed E-state index contributed by atoms with van der Waals surface area (Å²) in [6.07, 6.45) is 0.0407. The van der Waals surface area contributed by atoms with Crippen LogP contribution in [0.2, 0.25) is 0 Å². The molecule has 1 saturated heterocycles. The van der Waals surface area contributed by atoms with E-state index in [2.05, 4.69) is 0 Å². The summed E-state index contributed by atoms with van der Waals surface area (Å²) >= 11 is 0. The number of carboxylic acid groups (broad SMARTS) is 1. The molecule has 1 aliphatic heterocycles. The van der Waals surface area contributed by atoms with Crippen LogP contribution in [0.15, 0.2) is 48.5 Å². The van der Waals surface area contributed by atoms with Crippen molar-refractivity contribution in [3.05, 3.63) is 59.7 Å². The zero-order valence-electron chi connectivity index (χ0n) is 17.4. The number of amidine groups is 1. The van der Waals surface area contributed by atoms with Crippen LogP contribution in [-0.4, -0.2) is 41.5 Å². The largest absolute Gasteiger partial charge is 1.00 e. The maximum atomic E-state index is 12.9. The van der Waals surface area contributed by atoms with Gasteiger partial charge in [-0.05, 0) is 42.0 Å². The van der Waals surface area contributed by atoms with E-state index in [4.69, 9.17) is 16.2 Å². The van der Waals surface area contributed by atoms with E-state index < -0.39 is 11.4 Å². The first-order chi connectivity index (χ1) is 13.2. The average Bonchev–Trinajstić information content (AvgIpc) is 3.02. The summed E-state index contributed by atoms with van der Waals surface area (Å²) in [6.45, 7) is 4.91. The van der Waals surface area contributed by atoms with E-state index in [0.29, 0.717) is 18.7 Å². The molecule has 1 fully saturated rings. The second kappa shape index (κ2) is 9.81. The van der Waals surface area contributed by atoms with E-state index in [1.165, 1.54) is 0 Å². The maximum Gasteiger partial charge on any atom is 1.00 e. The predicted octanol–water partition coefficient (Wildman–Crippen LogP) is -0.00323. The second-order valence-corrected chi connectivity index (χ2v) is 7.55. The fourth-order valence-corrected chi connectivity index (χ4v) is 3.41. The molecule has 154 valence electrons. The number of aliphatic carboxylic acids is 1. The first kappa shape index (κ1) is 25.2. The van der Waals surface area contributed by atoms with Crippen LogP contribution in [0, 0.1) is 5.41 Å². The van der Waals surface area contributed by atoms with Gasteiger partial charge in [0.1, 0.15) is 5.84 Å². The number of carbonyl (C=O) groups excluding carboxylic acids is 1. The van der Waals surface area contributed by atoms with Crippen molar-refractivity contribution in [1.82, 2.24) is 0 Å². The summed E-state index contributed by atoms with van der Waals surface area (Å²) in [7, 11) is 0. The number of amides is 2. The van der Waals surface area contributed by atoms with E-state index in [1.54, 1.807) is 34.1 Å². The Morgan fingerprint density at radius 1 is 1.03 bits per heavy atom. The van der Waals surface area contributed by atoms with Gasteiger partial charge < -0.3 is 16.3 Å². The average molecular weight is 404 g/mol. The zero-order chi connectivity index (χ0) is 20.5. The van der Waals surface area contributed by atoms with Crippen LogP contribution >= 0.6 is 0 Å². The Labute approximate surface area is 187 Å². The normalized spacial score (nSPS) is 13.5. The molecular formula is C21H25LiN4O4. The molecule has 0 radical (unpaired) electrons. The van der Waals surface area contributed by atoms with Crippen LogP contribution in [0.3, 0.4) is 0 Å². The number of hydrogen-bond donors (Lipinski definition) is 3. The van der Waals surface area contributed by atoms with Gasteiger partial charge in [-0.1, -0.05) is 26.0 Å². The molecule has 3 rings (SSSR count). The molecule has 1 heterocycles. The van der Waals surface area contributed by atoms with Crippen LogP contribution in [0.4, 0.5) is 16.2 Å². The van der Waals surface area contributed by atoms with Gasteiger partial charge in [-0.15, -0.1) is 0 Å². The second-order valence-electron chi connectivity index (χ2n) is 7.55. The number of hydrogen-bond acceptors (Lipinski definition) is 4. The van der Waals surface area contributed by atoms with Gasteiger partial charge in [0.2, 0.25) is 0 Å². The molecule has 0 aliphatic carbocycles. The van der Waals surface area contributed by atoms with Crippen molar-refractivity contribution in [3.63, 3.8) is 0 Å². The van der Waals surface area contributed by atoms with Crippen molar-refractivity contribution in [2.45, 2.75) is 25.7 Å². The Morgan fingerprint density at radius 2 is 1.47 bits per heavy atom. The van der Waals surface area contributed by atoms with Crippen molar-refractivity contribution in [2.24, 2.45) is 5.73 Å². The Bertz CT molecular complexity index is 914. The van der Waals surface area contributed by atoms with E-state index >= 15 is 0 Å². The summed E-state index contributed by atoms with van der Waals surface area (Å²) in [5.41, 5.74) is 8.07. The predicted molar refractivity (Wildman–Crippen MR) is 111 cm³/mol. The number of nitrogens with zero attached hydrogens (tertiary/aromatic N) is 2. The maximum absolute atomic E-state index is 12.9. The molecule has 8 nitrogen and oxygen atoms in total. The Balaban J connectivity index is 0.00000225. The van der Waals surface area contributed by atoms with Gasteiger partial charge in [0.15, 0.2) is 0 Å². The number of urea groups is 1. The topological polar surface area (TPSA) is 141 Å². The minimum absolute atomic E-state index is 0. The third kappa shape index (κ3) is 5.22. The molecular weight excluding hydrogens is 379 g/mol. The van der Waals surface area contributed by atoms with Crippen LogP contribution in [0.1, 0.15) is 31.4 Å². The third-order valence-corrected chi connectivity index (χ3v) is 5.05. The number of nitrogens with two attached hydrogens (primary N) is 1. The van der Waals surface area contributed by atoms with E-state index in [9.17, 15) is 9.59 Å². The van der Waals surface area contributed by atoms with Gasteiger partial charge in [-0.25, -0.2) is 4.79 Å². The van der Waals surface area contributed by atoms with Gasteiger partial charge in [0, 0.05) is 35.4 Å². The molecule has 2 amide bonds. The van der Waals surface area contributed by atoms with Crippen LogP contribution < -0.4 is 34.4 Å². The number of benzene rings is 2. The quantitative estimate of drug-likeness (QED) is 0.353. The van der Waals surface area contributed by atoms with Crippen LogP contribution in [0.25, 0.3) is 0 Å². The SMILES string of the molecule is CC(C)(CC(=O)O)c1ccc(N2CCN(c3ccc(C(=N)N)cc3)C2=O)cc1.[Li+].[OH-]. The summed E-state index contributed by atoms with van der Waals surface area (Å²) in [4.78, 5) is 27.3. The number of rotatable bonds is 6. The summed E-state index contributed by atoms with van der Waals surface area (Å²) in [5.74, 6) is -0.845. The van der Waals surface area contributed by atoms with Gasteiger partial charge in [0.05, 0.1) is 6.42 Å². The molecule has 0 atom stereocenters. The Kier molecular flexibility index (Phi) is 8.25. The van der Waals surface area contributed by atoms with Gasteiger partial charge >= 0.3 is 30.9 Å². The Morgan fingerprint density at radius 3 is 1.87 bits per heavy atom. The third-order valence-electron chi connectivity index (χ3n) is 5.05. The summed E-state index contributed by atoms with van der Waals surface area (Å²) in [5, 5.41) is 16.5. The summed E-state index contributed by atoms with van der Waals surface area (Å²) < 4.78 is 0. The van der Waals surface area contributed by atoms with E-state index in [-0.39, 0.29) is 42.6 Å². The molecule has 30 heavy (non-hydrogen) atoms. The fraction of sp³-hybridized carbons (Fsp3) is 0.286. The molecule has 2 aromatic carbocycles. The molecule has 0 aromatic heterocycles. The molecule has 9 heteroatoms. The molecule has 0 bridgehead atoms. The van der Waals surface area contributed by atoms with E-state index in [1.807, 2.05) is 38.1 Å². The van der Waals surface area contributed by atoms with Crippen molar-refractivity contribution >= 4 is 29.2 Å². The molecule has 0 unspecified atom stereocenters. The zero-order valence-corrected chi connectivity index (χ0v) is 17.4. The van der Waals surface area contributed by atoms with Crippen LogP contribution in [0.5, 0.6) is 0 Å². The van der Waals surface area contributed by atoms with Crippen molar-refractivity contribution in [2.75, 3.05) is 22.9 Å².